The highest BCUT2D eigenvalue weighted by molar-refractivity contribution is 9.10. The molecule has 0 saturated carbocycles. The number of para-hydroxylation sites is 1. The number of thiazole rings is 1. The minimum Gasteiger partial charge on any atom is -0.283 e. The summed E-state index contributed by atoms with van der Waals surface area (Å²) in [6.07, 6.45) is 5.20. The van der Waals surface area contributed by atoms with Crippen molar-refractivity contribution in [3.63, 3.8) is 0 Å². The quantitative estimate of drug-likeness (QED) is 0.282. The molecule has 5 rings (SSSR count). The van der Waals surface area contributed by atoms with E-state index in [0.717, 1.165) is 32.7 Å². The van der Waals surface area contributed by atoms with Gasteiger partial charge in [0.2, 0.25) is 4.80 Å². The lowest BCUT2D eigenvalue weighted by atomic mass is 10.2. The number of hydrogen-bond donors (Lipinski definition) is 0. The zero-order chi connectivity index (χ0) is 24.4. The first-order valence-electron chi connectivity index (χ1n) is 10.8. The summed E-state index contributed by atoms with van der Waals surface area (Å²) in [6, 6.07) is 21.3. The van der Waals surface area contributed by atoms with Gasteiger partial charge in [-0.3, -0.25) is 14.5 Å². The molecule has 3 aromatic heterocycles. The van der Waals surface area contributed by atoms with Crippen molar-refractivity contribution in [2.24, 2.45) is 17.1 Å². The van der Waals surface area contributed by atoms with Gasteiger partial charge in [-0.15, -0.1) is 11.3 Å². The summed E-state index contributed by atoms with van der Waals surface area (Å²) in [5.74, 6) is 0. The second kappa shape index (κ2) is 9.81. The Labute approximate surface area is 214 Å². The van der Waals surface area contributed by atoms with Gasteiger partial charge in [-0.2, -0.15) is 5.10 Å². The van der Waals surface area contributed by atoms with Gasteiger partial charge in [0.15, 0.2) is 5.69 Å². The van der Waals surface area contributed by atoms with Crippen LogP contribution in [-0.4, -0.2) is 25.2 Å². The number of hydrogen-bond acceptors (Lipinski definition) is 5. The van der Waals surface area contributed by atoms with Crippen molar-refractivity contribution in [1.82, 2.24) is 19.0 Å². The summed E-state index contributed by atoms with van der Waals surface area (Å²) < 4.78 is 6.17. The fourth-order valence-electron chi connectivity index (χ4n) is 3.69. The molecule has 0 atom stereocenters. The van der Waals surface area contributed by atoms with Crippen LogP contribution >= 0.6 is 27.3 Å². The van der Waals surface area contributed by atoms with Gasteiger partial charge in [0.1, 0.15) is 0 Å². The van der Waals surface area contributed by atoms with Crippen molar-refractivity contribution in [1.29, 1.82) is 0 Å². The van der Waals surface area contributed by atoms with Gasteiger partial charge in [-0.1, -0.05) is 52.3 Å². The van der Waals surface area contributed by atoms with Crippen LogP contribution in [0.25, 0.3) is 16.9 Å². The van der Waals surface area contributed by atoms with Crippen molar-refractivity contribution in [3.05, 3.63) is 115 Å². The molecular formula is C26H21BrN6OS. The molecule has 0 spiro atoms. The Balaban J connectivity index is 1.70. The number of nitrogens with zero attached hydrogens (tertiary/aromatic N) is 6. The first-order chi connectivity index (χ1) is 17.0. The first-order valence-corrected chi connectivity index (χ1v) is 12.5. The fourth-order valence-corrected chi connectivity index (χ4v) is 4.93. The summed E-state index contributed by atoms with van der Waals surface area (Å²) in [7, 11) is 1.86. The van der Waals surface area contributed by atoms with Gasteiger partial charge in [-0.05, 0) is 37.3 Å². The number of benzene rings is 2. The molecule has 5 aromatic rings. The van der Waals surface area contributed by atoms with Crippen LogP contribution in [0.15, 0.2) is 104 Å². The van der Waals surface area contributed by atoms with E-state index in [0.29, 0.717) is 10.5 Å². The minimum atomic E-state index is -0.184. The SMILES string of the molecule is Cc1c(N=c2scc(-c3cccc(Br)c3)n2N=Cc2cccnc2)c(=O)n(-c2ccccc2)n1C. The highest BCUT2D eigenvalue weighted by Crippen LogP contribution is 2.24. The summed E-state index contributed by atoms with van der Waals surface area (Å²) >= 11 is 4.98. The van der Waals surface area contributed by atoms with Gasteiger partial charge < -0.3 is 0 Å². The molecule has 9 heteroatoms. The Morgan fingerprint density at radius 3 is 2.63 bits per heavy atom. The molecule has 0 aliphatic rings. The number of halogens is 1. The van der Waals surface area contributed by atoms with Crippen LogP contribution in [0.5, 0.6) is 0 Å². The van der Waals surface area contributed by atoms with Crippen molar-refractivity contribution < 1.29 is 0 Å². The molecule has 0 fully saturated rings. The average molecular weight is 545 g/mol. The zero-order valence-corrected chi connectivity index (χ0v) is 21.4. The summed E-state index contributed by atoms with van der Waals surface area (Å²) in [5.41, 5.74) is 4.45. The van der Waals surface area contributed by atoms with E-state index in [9.17, 15) is 4.79 Å². The lowest BCUT2D eigenvalue weighted by molar-refractivity contribution is 0.630. The highest BCUT2D eigenvalue weighted by Gasteiger charge is 2.17. The molecule has 7 nitrogen and oxygen atoms in total. The van der Waals surface area contributed by atoms with E-state index in [1.54, 1.807) is 28.0 Å². The lowest BCUT2D eigenvalue weighted by Crippen LogP contribution is -2.19. The third kappa shape index (κ3) is 4.60. The molecule has 0 aliphatic heterocycles. The van der Waals surface area contributed by atoms with Crippen molar-refractivity contribution in [3.8, 4) is 16.9 Å². The maximum absolute atomic E-state index is 13.4. The van der Waals surface area contributed by atoms with Gasteiger partial charge >= 0.3 is 0 Å². The molecule has 0 aliphatic carbocycles. The molecule has 35 heavy (non-hydrogen) atoms. The molecule has 174 valence electrons. The van der Waals surface area contributed by atoms with Crippen molar-refractivity contribution >= 4 is 39.2 Å². The molecule has 0 amide bonds. The van der Waals surface area contributed by atoms with E-state index < -0.39 is 0 Å². The molecule has 0 saturated heterocycles. The monoisotopic (exact) mass is 544 g/mol. The molecule has 0 N–H and O–H groups in total. The largest absolute Gasteiger partial charge is 0.297 e. The first kappa shape index (κ1) is 22.9. The second-order valence-electron chi connectivity index (χ2n) is 7.78. The van der Waals surface area contributed by atoms with Crippen LogP contribution in [0.2, 0.25) is 0 Å². The number of pyridine rings is 1. The van der Waals surface area contributed by atoms with E-state index >= 15 is 0 Å². The third-order valence-corrected chi connectivity index (χ3v) is 6.85. The maximum atomic E-state index is 13.4. The molecular weight excluding hydrogens is 524 g/mol. The standard InChI is InChI=1S/C26H21BrN6OS/c1-18-24(25(34)33(31(18)2)22-11-4-3-5-12-22)30-26-32(29-16-19-8-7-13-28-15-19)23(17-35-26)20-9-6-10-21(27)14-20/h3-17H,1-2H3. The Morgan fingerprint density at radius 2 is 1.89 bits per heavy atom. The predicted molar refractivity (Wildman–Crippen MR) is 144 cm³/mol. The van der Waals surface area contributed by atoms with Gasteiger partial charge in [0.25, 0.3) is 5.56 Å². The molecule has 3 heterocycles. The Hall–Kier alpha value is -3.82. The van der Waals surface area contributed by atoms with Crippen LogP contribution in [-0.2, 0) is 7.05 Å². The zero-order valence-electron chi connectivity index (χ0n) is 19.0. The second-order valence-corrected chi connectivity index (χ2v) is 9.53. The van der Waals surface area contributed by atoms with E-state index in [1.807, 2.05) is 90.8 Å². The van der Waals surface area contributed by atoms with Crippen LogP contribution in [0.4, 0.5) is 5.69 Å². The Morgan fingerprint density at radius 1 is 1.06 bits per heavy atom. The fraction of sp³-hybridized carbons (Fsp3) is 0.0769. The van der Waals surface area contributed by atoms with Crippen LogP contribution in [0, 0.1) is 6.92 Å². The van der Waals surface area contributed by atoms with Crippen molar-refractivity contribution in [2.45, 2.75) is 6.92 Å². The lowest BCUT2D eigenvalue weighted by Gasteiger charge is -2.07. The maximum Gasteiger partial charge on any atom is 0.297 e. The van der Waals surface area contributed by atoms with Gasteiger partial charge in [0, 0.05) is 40.4 Å². The Bertz CT molecular complexity index is 1640. The van der Waals surface area contributed by atoms with E-state index in [2.05, 4.69) is 20.9 Å². The molecule has 0 radical (unpaired) electrons. The predicted octanol–water partition coefficient (Wildman–Crippen LogP) is 5.29. The van der Waals surface area contributed by atoms with Crippen LogP contribution < -0.4 is 10.4 Å². The van der Waals surface area contributed by atoms with E-state index in [-0.39, 0.29) is 5.56 Å². The number of rotatable bonds is 5. The van der Waals surface area contributed by atoms with Crippen LogP contribution in [0.3, 0.4) is 0 Å². The van der Waals surface area contributed by atoms with Crippen molar-refractivity contribution in [2.75, 3.05) is 0 Å². The molecule has 0 unspecified atom stereocenters. The average Bonchev–Trinajstić information content (AvgIpc) is 3.37. The highest BCUT2D eigenvalue weighted by atomic mass is 79.9. The number of aromatic nitrogens is 4. The minimum absolute atomic E-state index is 0.184. The van der Waals surface area contributed by atoms with Crippen LogP contribution in [0.1, 0.15) is 11.3 Å². The van der Waals surface area contributed by atoms with Gasteiger partial charge in [-0.25, -0.2) is 14.4 Å². The van der Waals surface area contributed by atoms with E-state index in [4.69, 9.17) is 10.1 Å². The topological polar surface area (TPSA) is 69.5 Å². The van der Waals surface area contributed by atoms with E-state index in [1.165, 1.54) is 11.3 Å². The smallest absolute Gasteiger partial charge is 0.283 e. The molecule has 0 bridgehead atoms. The summed E-state index contributed by atoms with van der Waals surface area (Å²) in [6.45, 7) is 1.89. The normalized spacial score (nSPS) is 12.0. The third-order valence-electron chi connectivity index (χ3n) is 5.54. The summed E-state index contributed by atoms with van der Waals surface area (Å²) in [4.78, 5) is 23.0. The molecule has 2 aromatic carbocycles. The van der Waals surface area contributed by atoms with Gasteiger partial charge in [0.05, 0.1) is 23.3 Å². The summed E-state index contributed by atoms with van der Waals surface area (Å²) in [5, 5.41) is 6.72. The Kier molecular flexibility index (Phi) is 6.43.